The van der Waals surface area contributed by atoms with Crippen LogP contribution in [0.5, 0.6) is 0 Å². The standard InChI is InChI=1S/C17H15N2O2/c18-16(20)15-14-9-5-4-6-12(14)10-11-19(15)17(21)13-7-2-1-3-8-13/h1-3,5-9,15H,10-11H2,(H2,18,20). The van der Waals surface area contributed by atoms with Crippen molar-refractivity contribution in [3.05, 3.63) is 71.3 Å². The number of hydrogen-bond acceptors (Lipinski definition) is 2. The fraction of sp³-hybridized carbons (Fsp3) is 0.176. The Morgan fingerprint density at radius 3 is 2.67 bits per heavy atom. The number of carbonyl (C=O) groups excluding carboxylic acids is 2. The number of rotatable bonds is 2. The molecule has 0 aliphatic carbocycles. The molecule has 0 fully saturated rings. The van der Waals surface area contributed by atoms with Gasteiger partial charge in [0.05, 0.1) is 0 Å². The van der Waals surface area contributed by atoms with Gasteiger partial charge in [-0.2, -0.15) is 0 Å². The summed E-state index contributed by atoms with van der Waals surface area (Å²) in [6, 6.07) is 16.7. The Morgan fingerprint density at radius 1 is 1.19 bits per heavy atom. The summed E-state index contributed by atoms with van der Waals surface area (Å²) in [5, 5.41) is 0. The third kappa shape index (κ3) is 2.40. The van der Waals surface area contributed by atoms with Gasteiger partial charge in [0, 0.05) is 12.1 Å². The molecule has 2 amide bonds. The van der Waals surface area contributed by atoms with Gasteiger partial charge >= 0.3 is 0 Å². The molecule has 1 radical (unpaired) electrons. The van der Waals surface area contributed by atoms with E-state index in [2.05, 4.69) is 6.07 Å². The summed E-state index contributed by atoms with van der Waals surface area (Å²) in [5.74, 6) is -0.677. The van der Waals surface area contributed by atoms with Crippen molar-refractivity contribution in [1.82, 2.24) is 4.90 Å². The van der Waals surface area contributed by atoms with E-state index in [1.807, 2.05) is 18.2 Å². The molecule has 1 heterocycles. The van der Waals surface area contributed by atoms with E-state index < -0.39 is 11.9 Å². The summed E-state index contributed by atoms with van der Waals surface area (Å²) in [4.78, 5) is 26.1. The van der Waals surface area contributed by atoms with Crippen LogP contribution in [-0.4, -0.2) is 23.3 Å². The third-order valence-corrected chi connectivity index (χ3v) is 3.77. The Bertz CT molecular complexity index is 682. The summed E-state index contributed by atoms with van der Waals surface area (Å²) in [6.07, 6.45) is 0.703. The monoisotopic (exact) mass is 279 g/mol. The number of amides is 2. The van der Waals surface area contributed by atoms with Crippen LogP contribution in [0.15, 0.2) is 48.5 Å². The smallest absolute Gasteiger partial charge is 0.254 e. The topological polar surface area (TPSA) is 63.4 Å². The molecule has 2 aromatic rings. The minimum atomic E-state index is -0.712. The molecule has 2 N–H and O–H groups in total. The normalized spacial score (nSPS) is 17.1. The summed E-state index contributed by atoms with van der Waals surface area (Å²) < 4.78 is 0. The fourth-order valence-electron chi connectivity index (χ4n) is 2.77. The largest absolute Gasteiger partial charge is 0.368 e. The fourth-order valence-corrected chi connectivity index (χ4v) is 2.77. The predicted molar refractivity (Wildman–Crippen MR) is 78.4 cm³/mol. The van der Waals surface area contributed by atoms with Crippen LogP contribution in [0.4, 0.5) is 0 Å². The first-order valence-corrected chi connectivity index (χ1v) is 6.82. The highest BCUT2D eigenvalue weighted by atomic mass is 16.2. The lowest BCUT2D eigenvalue weighted by Crippen LogP contribution is -2.45. The quantitative estimate of drug-likeness (QED) is 0.909. The van der Waals surface area contributed by atoms with Crippen LogP contribution in [0.1, 0.15) is 27.5 Å². The molecule has 0 saturated carbocycles. The zero-order valence-electron chi connectivity index (χ0n) is 11.5. The summed E-state index contributed by atoms with van der Waals surface area (Å²) in [6.45, 7) is 0.478. The molecule has 105 valence electrons. The number of primary amides is 1. The van der Waals surface area contributed by atoms with E-state index in [1.165, 1.54) is 0 Å². The third-order valence-electron chi connectivity index (χ3n) is 3.77. The van der Waals surface area contributed by atoms with Gasteiger partial charge in [-0.25, -0.2) is 0 Å². The van der Waals surface area contributed by atoms with Gasteiger partial charge in [0.25, 0.3) is 5.91 Å². The average molecular weight is 279 g/mol. The van der Waals surface area contributed by atoms with Gasteiger partial charge in [-0.15, -0.1) is 0 Å². The van der Waals surface area contributed by atoms with Crippen LogP contribution in [0.3, 0.4) is 0 Å². The number of hydrogen-bond donors (Lipinski definition) is 1. The minimum absolute atomic E-state index is 0.169. The van der Waals surface area contributed by atoms with E-state index in [0.717, 1.165) is 11.1 Å². The van der Waals surface area contributed by atoms with Gasteiger partial charge in [-0.1, -0.05) is 36.4 Å². The molecular formula is C17H15N2O2. The van der Waals surface area contributed by atoms with Crippen molar-refractivity contribution in [3.8, 4) is 0 Å². The Balaban J connectivity index is 2.00. The first-order valence-electron chi connectivity index (χ1n) is 6.82. The number of fused-ring (bicyclic) bond motifs is 1. The molecule has 1 aliphatic heterocycles. The maximum atomic E-state index is 12.6. The molecule has 0 aromatic heterocycles. The van der Waals surface area contributed by atoms with Gasteiger partial charge in [0.15, 0.2) is 0 Å². The van der Waals surface area contributed by atoms with Gasteiger partial charge in [-0.3, -0.25) is 9.59 Å². The SMILES string of the molecule is NC(=O)C1c2cc[c]cc2CCN1C(=O)c1ccccc1. The Morgan fingerprint density at radius 2 is 1.95 bits per heavy atom. The second-order valence-electron chi connectivity index (χ2n) is 5.04. The van der Waals surface area contributed by atoms with Crippen molar-refractivity contribution in [3.63, 3.8) is 0 Å². The van der Waals surface area contributed by atoms with Crippen molar-refractivity contribution < 1.29 is 9.59 Å². The molecule has 0 saturated heterocycles. The second kappa shape index (κ2) is 5.40. The van der Waals surface area contributed by atoms with E-state index in [4.69, 9.17) is 5.73 Å². The molecular weight excluding hydrogens is 264 g/mol. The molecule has 3 rings (SSSR count). The van der Waals surface area contributed by atoms with Crippen molar-refractivity contribution in [1.29, 1.82) is 0 Å². The molecule has 0 spiro atoms. The average Bonchev–Trinajstić information content (AvgIpc) is 2.53. The Hall–Kier alpha value is -2.62. The highest BCUT2D eigenvalue weighted by molar-refractivity contribution is 5.98. The zero-order valence-corrected chi connectivity index (χ0v) is 11.5. The van der Waals surface area contributed by atoms with Gasteiger partial charge < -0.3 is 10.6 Å². The van der Waals surface area contributed by atoms with Crippen molar-refractivity contribution in [2.24, 2.45) is 5.73 Å². The van der Waals surface area contributed by atoms with Crippen molar-refractivity contribution in [2.45, 2.75) is 12.5 Å². The van der Waals surface area contributed by atoms with Crippen LogP contribution in [0.25, 0.3) is 0 Å². The van der Waals surface area contributed by atoms with Gasteiger partial charge in [-0.05, 0) is 35.7 Å². The second-order valence-corrected chi connectivity index (χ2v) is 5.04. The Labute approximate surface area is 123 Å². The van der Waals surface area contributed by atoms with Crippen molar-refractivity contribution in [2.75, 3.05) is 6.54 Å². The van der Waals surface area contributed by atoms with Crippen LogP contribution in [-0.2, 0) is 11.2 Å². The Kier molecular flexibility index (Phi) is 3.44. The molecule has 4 nitrogen and oxygen atoms in total. The predicted octanol–water partition coefficient (Wildman–Crippen LogP) is 1.71. The zero-order chi connectivity index (χ0) is 14.8. The molecule has 21 heavy (non-hydrogen) atoms. The number of nitrogens with two attached hydrogens (primary N) is 1. The first-order chi connectivity index (χ1) is 10.2. The highest BCUT2D eigenvalue weighted by Crippen LogP contribution is 2.30. The van der Waals surface area contributed by atoms with E-state index in [9.17, 15) is 9.59 Å². The van der Waals surface area contributed by atoms with Crippen LogP contribution >= 0.6 is 0 Å². The summed E-state index contributed by atoms with van der Waals surface area (Å²) >= 11 is 0. The van der Waals surface area contributed by atoms with Crippen molar-refractivity contribution >= 4 is 11.8 Å². The number of nitrogens with zero attached hydrogens (tertiary/aromatic N) is 1. The number of carbonyl (C=O) groups is 2. The van der Waals surface area contributed by atoms with E-state index in [-0.39, 0.29) is 5.91 Å². The summed E-state index contributed by atoms with van der Waals surface area (Å²) in [5.41, 5.74) is 7.94. The molecule has 1 aliphatic rings. The van der Waals surface area contributed by atoms with E-state index in [1.54, 1.807) is 35.2 Å². The molecule has 0 bridgehead atoms. The lowest BCUT2D eigenvalue weighted by molar-refractivity contribution is -0.123. The van der Waals surface area contributed by atoms with Crippen LogP contribution in [0.2, 0.25) is 0 Å². The highest BCUT2D eigenvalue weighted by Gasteiger charge is 2.34. The summed E-state index contributed by atoms with van der Waals surface area (Å²) in [7, 11) is 0. The van der Waals surface area contributed by atoms with E-state index in [0.29, 0.717) is 18.5 Å². The number of benzene rings is 2. The lowest BCUT2D eigenvalue weighted by Gasteiger charge is -2.35. The van der Waals surface area contributed by atoms with Crippen LogP contribution < -0.4 is 5.73 Å². The molecule has 1 atom stereocenters. The minimum Gasteiger partial charge on any atom is -0.368 e. The van der Waals surface area contributed by atoms with E-state index >= 15 is 0 Å². The lowest BCUT2D eigenvalue weighted by atomic mass is 9.91. The molecule has 1 unspecified atom stereocenters. The molecule has 4 heteroatoms. The first kappa shape index (κ1) is 13.4. The van der Waals surface area contributed by atoms with Crippen LogP contribution in [0, 0.1) is 6.07 Å². The maximum absolute atomic E-state index is 12.6. The maximum Gasteiger partial charge on any atom is 0.254 e. The van der Waals surface area contributed by atoms with Gasteiger partial charge in [0.1, 0.15) is 6.04 Å². The molecule has 2 aromatic carbocycles. The van der Waals surface area contributed by atoms with Gasteiger partial charge in [0.2, 0.25) is 5.91 Å².